The van der Waals surface area contributed by atoms with Gasteiger partial charge < -0.3 is 9.72 Å². The second kappa shape index (κ2) is 8.76. The summed E-state index contributed by atoms with van der Waals surface area (Å²) in [6.07, 6.45) is 1.40. The zero-order valence-electron chi connectivity index (χ0n) is 17.4. The molecule has 1 heterocycles. The molecule has 6 nitrogen and oxygen atoms in total. The summed E-state index contributed by atoms with van der Waals surface area (Å²) >= 11 is 6.18. The summed E-state index contributed by atoms with van der Waals surface area (Å²) < 4.78 is 6.87. The Balaban J connectivity index is 1.48. The van der Waals surface area contributed by atoms with E-state index < -0.39 is 11.2 Å². The van der Waals surface area contributed by atoms with Crippen molar-refractivity contribution in [3.8, 4) is 5.75 Å². The molecule has 0 radical (unpaired) electrons. The van der Waals surface area contributed by atoms with Crippen LogP contribution < -0.4 is 16.0 Å². The molecule has 5 rings (SSSR count). The second-order valence-electron chi connectivity index (χ2n) is 7.45. The number of hydrogen-bond donors (Lipinski definition) is 1. The number of aromatic nitrogens is 2. The SMILES string of the molecule is O=c1[nH]c2ccccc2c(=O)n1N=Cc1cc(Cl)ccc1OCc1cccc2ccccc12. The van der Waals surface area contributed by atoms with E-state index in [0.29, 0.717) is 33.8 Å². The third-order valence-electron chi connectivity index (χ3n) is 5.33. The fraction of sp³-hybridized carbons (Fsp3) is 0.0385. The molecule has 0 saturated heterocycles. The van der Waals surface area contributed by atoms with Crippen molar-refractivity contribution in [2.75, 3.05) is 0 Å². The lowest BCUT2D eigenvalue weighted by Crippen LogP contribution is -2.32. The van der Waals surface area contributed by atoms with Crippen LogP contribution in [0.3, 0.4) is 0 Å². The summed E-state index contributed by atoms with van der Waals surface area (Å²) in [6.45, 7) is 0.334. The Labute approximate surface area is 193 Å². The quantitative estimate of drug-likeness (QED) is 0.381. The molecule has 4 aromatic carbocycles. The number of rotatable bonds is 5. The monoisotopic (exact) mass is 455 g/mol. The molecule has 0 aliphatic heterocycles. The fourth-order valence-corrected chi connectivity index (χ4v) is 3.88. The summed E-state index contributed by atoms with van der Waals surface area (Å²) in [5.74, 6) is 0.529. The van der Waals surface area contributed by atoms with Crippen molar-refractivity contribution in [3.63, 3.8) is 0 Å². The van der Waals surface area contributed by atoms with E-state index in [2.05, 4.69) is 28.3 Å². The van der Waals surface area contributed by atoms with Crippen molar-refractivity contribution in [2.24, 2.45) is 5.10 Å². The zero-order chi connectivity index (χ0) is 22.8. The molecule has 0 saturated carbocycles. The van der Waals surface area contributed by atoms with Gasteiger partial charge in [0.2, 0.25) is 0 Å². The van der Waals surface area contributed by atoms with Gasteiger partial charge in [0.05, 0.1) is 17.1 Å². The van der Waals surface area contributed by atoms with Crippen LogP contribution in [0.4, 0.5) is 0 Å². The lowest BCUT2D eigenvalue weighted by molar-refractivity contribution is 0.307. The Morgan fingerprint density at radius 3 is 2.55 bits per heavy atom. The van der Waals surface area contributed by atoms with E-state index in [1.54, 1.807) is 42.5 Å². The van der Waals surface area contributed by atoms with Gasteiger partial charge in [-0.15, -0.1) is 4.68 Å². The summed E-state index contributed by atoms with van der Waals surface area (Å²) in [4.78, 5) is 27.8. The predicted octanol–water partition coefficient (Wildman–Crippen LogP) is 4.96. The van der Waals surface area contributed by atoms with Crippen LogP contribution in [0.15, 0.2) is 99.6 Å². The first-order valence-corrected chi connectivity index (χ1v) is 10.7. The van der Waals surface area contributed by atoms with E-state index in [-0.39, 0.29) is 0 Å². The van der Waals surface area contributed by atoms with E-state index >= 15 is 0 Å². The molecule has 0 spiro atoms. The molecule has 0 fully saturated rings. The molecule has 162 valence electrons. The molecule has 5 aromatic rings. The first kappa shape index (κ1) is 20.7. The van der Waals surface area contributed by atoms with Crippen LogP contribution in [0.2, 0.25) is 5.02 Å². The Morgan fingerprint density at radius 2 is 1.67 bits per heavy atom. The lowest BCUT2D eigenvalue weighted by Gasteiger charge is -2.11. The second-order valence-corrected chi connectivity index (χ2v) is 7.88. The number of H-pyrrole nitrogens is 1. The van der Waals surface area contributed by atoms with Crippen LogP contribution in [-0.4, -0.2) is 15.9 Å². The van der Waals surface area contributed by atoms with Crippen molar-refractivity contribution in [3.05, 3.63) is 122 Å². The number of hydrogen-bond acceptors (Lipinski definition) is 4. The smallest absolute Gasteiger partial charge is 0.349 e. The minimum atomic E-state index is -0.629. The maximum atomic E-state index is 12.7. The molecular weight excluding hydrogens is 438 g/mol. The first-order chi connectivity index (χ1) is 16.1. The van der Waals surface area contributed by atoms with Gasteiger partial charge >= 0.3 is 5.69 Å². The average Bonchev–Trinajstić information content (AvgIpc) is 2.83. The first-order valence-electron chi connectivity index (χ1n) is 10.3. The van der Waals surface area contributed by atoms with Crippen molar-refractivity contribution in [2.45, 2.75) is 6.61 Å². The molecule has 1 aromatic heterocycles. The normalized spacial score (nSPS) is 11.4. The molecule has 0 amide bonds. The number of nitrogens with zero attached hydrogens (tertiary/aromatic N) is 2. The third kappa shape index (κ3) is 4.16. The van der Waals surface area contributed by atoms with Gasteiger partial charge in [-0.1, -0.05) is 66.2 Å². The van der Waals surface area contributed by atoms with E-state index in [4.69, 9.17) is 16.3 Å². The zero-order valence-corrected chi connectivity index (χ0v) is 18.1. The maximum absolute atomic E-state index is 12.7. The van der Waals surface area contributed by atoms with E-state index in [0.717, 1.165) is 21.0 Å². The molecule has 0 unspecified atom stereocenters. The van der Waals surface area contributed by atoms with Crippen LogP contribution in [0, 0.1) is 0 Å². The molecule has 0 bridgehead atoms. The summed E-state index contributed by atoms with van der Waals surface area (Å²) in [6, 6.07) is 26.1. The van der Waals surface area contributed by atoms with Gasteiger partial charge in [-0.3, -0.25) is 4.79 Å². The predicted molar refractivity (Wildman–Crippen MR) is 132 cm³/mol. The minimum Gasteiger partial charge on any atom is -0.488 e. The van der Waals surface area contributed by atoms with Gasteiger partial charge in [-0.05, 0) is 46.7 Å². The maximum Gasteiger partial charge on any atom is 0.349 e. The summed E-state index contributed by atoms with van der Waals surface area (Å²) in [5.41, 5.74) is 0.900. The van der Waals surface area contributed by atoms with Crippen LogP contribution in [-0.2, 0) is 6.61 Å². The Bertz CT molecular complexity index is 1630. The molecule has 7 heteroatoms. The largest absolute Gasteiger partial charge is 0.488 e. The van der Waals surface area contributed by atoms with Gasteiger partial charge in [0.25, 0.3) is 5.56 Å². The highest BCUT2D eigenvalue weighted by atomic mass is 35.5. The highest BCUT2D eigenvalue weighted by Crippen LogP contribution is 2.24. The number of ether oxygens (including phenoxy) is 1. The molecule has 0 atom stereocenters. The van der Waals surface area contributed by atoms with Crippen molar-refractivity contribution < 1.29 is 4.74 Å². The Morgan fingerprint density at radius 1 is 0.909 bits per heavy atom. The van der Waals surface area contributed by atoms with Gasteiger partial charge in [-0.2, -0.15) is 5.10 Å². The van der Waals surface area contributed by atoms with Crippen LogP contribution in [0.5, 0.6) is 5.75 Å². The highest BCUT2D eigenvalue weighted by Gasteiger charge is 2.08. The summed E-state index contributed by atoms with van der Waals surface area (Å²) in [7, 11) is 0. The molecule has 0 aliphatic rings. The molecule has 1 N–H and O–H groups in total. The third-order valence-corrected chi connectivity index (χ3v) is 5.57. The Kier molecular flexibility index (Phi) is 5.50. The van der Waals surface area contributed by atoms with Crippen LogP contribution in [0.1, 0.15) is 11.1 Å². The number of para-hydroxylation sites is 1. The van der Waals surface area contributed by atoms with Crippen molar-refractivity contribution in [1.29, 1.82) is 0 Å². The van der Waals surface area contributed by atoms with Gasteiger partial charge in [-0.25, -0.2) is 4.79 Å². The fourth-order valence-electron chi connectivity index (χ4n) is 3.70. The number of benzene rings is 4. The lowest BCUT2D eigenvalue weighted by atomic mass is 10.1. The number of nitrogens with one attached hydrogen (secondary N) is 1. The number of fused-ring (bicyclic) bond motifs is 2. The van der Waals surface area contributed by atoms with Gasteiger partial charge in [0, 0.05) is 10.6 Å². The summed E-state index contributed by atoms with van der Waals surface area (Å²) in [5, 5.41) is 7.22. The van der Waals surface area contributed by atoms with E-state index in [1.165, 1.54) is 6.21 Å². The average molecular weight is 456 g/mol. The van der Waals surface area contributed by atoms with E-state index in [1.807, 2.05) is 24.3 Å². The molecular formula is C26H18ClN3O3. The van der Waals surface area contributed by atoms with Gasteiger partial charge in [0.1, 0.15) is 12.4 Å². The Hall–Kier alpha value is -4.16. The highest BCUT2D eigenvalue weighted by molar-refractivity contribution is 6.30. The van der Waals surface area contributed by atoms with Crippen LogP contribution >= 0.6 is 11.6 Å². The van der Waals surface area contributed by atoms with Crippen LogP contribution in [0.25, 0.3) is 21.7 Å². The number of halogens is 1. The topological polar surface area (TPSA) is 76.5 Å². The molecule has 33 heavy (non-hydrogen) atoms. The van der Waals surface area contributed by atoms with Crippen molar-refractivity contribution >= 4 is 39.5 Å². The minimum absolute atomic E-state index is 0.334. The van der Waals surface area contributed by atoms with E-state index in [9.17, 15) is 9.59 Å². The number of aromatic amines is 1. The molecule has 0 aliphatic carbocycles. The standard InChI is InChI=1S/C26H18ClN3O3/c27-20-12-13-24(33-16-18-8-5-7-17-6-1-2-9-21(17)18)19(14-20)15-28-30-25(31)22-10-3-4-11-23(22)29-26(30)32/h1-15H,16H2,(H,29,32). The van der Waals surface area contributed by atoms with Gasteiger partial charge in [0.15, 0.2) is 0 Å². The van der Waals surface area contributed by atoms with Crippen molar-refractivity contribution in [1.82, 2.24) is 9.66 Å².